The van der Waals surface area contributed by atoms with Gasteiger partial charge in [0, 0.05) is 44.1 Å². The summed E-state index contributed by atoms with van der Waals surface area (Å²) < 4.78 is 47.3. The van der Waals surface area contributed by atoms with Crippen molar-refractivity contribution in [3.63, 3.8) is 0 Å². The summed E-state index contributed by atoms with van der Waals surface area (Å²) in [6.07, 6.45) is 0. The number of para-hydroxylation sites is 2. The Hall–Kier alpha value is -5.37. The minimum absolute atomic E-state index is 0.0500. The van der Waals surface area contributed by atoms with E-state index in [0.29, 0.717) is 44.1 Å². The van der Waals surface area contributed by atoms with E-state index in [9.17, 15) is 23.2 Å². The minimum atomic E-state index is -0.733. The van der Waals surface area contributed by atoms with Crippen LogP contribution in [-0.4, -0.2) is 89.7 Å². The van der Waals surface area contributed by atoms with Gasteiger partial charge in [0.05, 0.1) is 58.3 Å². The molecule has 0 bridgehead atoms. The topological polar surface area (TPSA) is 119 Å². The molecular weight excluding hydrogens is 674 g/mol. The van der Waals surface area contributed by atoms with E-state index in [1.165, 1.54) is 38.5 Å². The first-order valence-electron chi connectivity index (χ1n) is 16.8. The number of morpholine rings is 2. The van der Waals surface area contributed by atoms with Crippen LogP contribution in [-0.2, 0) is 32.0 Å². The molecule has 2 amide bonds. The lowest BCUT2D eigenvalue weighted by Crippen LogP contribution is -2.48. The van der Waals surface area contributed by atoms with E-state index in [2.05, 4.69) is 20.1 Å². The molecule has 52 heavy (non-hydrogen) atoms. The number of nitrogens with one attached hydrogen (secondary N) is 2. The zero-order chi connectivity index (χ0) is 37.1. The predicted octanol–water partition coefficient (Wildman–Crippen LogP) is 5.90. The summed E-state index contributed by atoms with van der Waals surface area (Å²) in [5.74, 6) is -2.64. The molecule has 0 aliphatic carbocycles. The van der Waals surface area contributed by atoms with Crippen molar-refractivity contribution in [1.82, 2.24) is 10.2 Å². The van der Waals surface area contributed by atoms with Gasteiger partial charge >= 0.3 is 18.0 Å². The van der Waals surface area contributed by atoms with Gasteiger partial charge in [-0.3, -0.25) is 4.90 Å². The third kappa shape index (κ3) is 12.1. The van der Waals surface area contributed by atoms with Crippen molar-refractivity contribution in [2.24, 2.45) is 0 Å². The smallest absolute Gasteiger partial charge is 0.340 e. The van der Waals surface area contributed by atoms with Crippen LogP contribution in [0.3, 0.4) is 0 Å². The Morgan fingerprint density at radius 3 is 1.75 bits per heavy atom. The molecule has 0 aromatic heterocycles. The first-order chi connectivity index (χ1) is 25.3. The highest BCUT2D eigenvalue weighted by atomic mass is 19.1. The molecule has 2 heterocycles. The van der Waals surface area contributed by atoms with Crippen molar-refractivity contribution in [1.29, 1.82) is 0 Å². The van der Waals surface area contributed by atoms with Crippen LogP contribution in [0.25, 0.3) is 0 Å². The van der Waals surface area contributed by atoms with E-state index in [-0.39, 0.29) is 23.7 Å². The van der Waals surface area contributed by atoms with Gasteiger partial charge in [-0.2, -0.15) is 0 Å². The van der Waals surface area contributed by atoms with Crippen LogP contribution in [0.5, 0.6) is 0 Å². The van der Waals surface area contributed by atoms with Crippen LogP contribution in [0.2, 0.25) is 0 Å². The number of benzene rings is 4. The number of anilines is 2. The highest BCUT2D eigenvalue weighted by Gasteiger charge is 2.25. The normalized spacial score (nSPS) is 13.7. The third-order valence-corrected chi connectivity index (χ3v) is 7.92. The number of amides is 2. The molecule has 4 aromatic carbocycles. The number of hydrogen-bond donors (Lipinski definition) is 2. The summed E-state index contributed by atoms with van der Waals surface area (Å²) in [5.41, 5.74) is 2.82. The van der Waals surface area contributed by atoms with Crippen molar-refractivity contribution < 1.29 is 42.1 Å². The van der Waals surface area contributed by atoms with Gasteiger partial charge in [-0.25, -0.2) is 23.2 Å². The van der Waals surface area contributed by atoms with Crippen LogP contribution in [0.15, 0.2) is 97.1 Å². The lowest BCUT2D eigenvalue weighted by atomic mass is 10.1. The average Bonchev–Trinajstić information content (AvgIpc) is 3.20. The van der Waals surface area contributed by atoms with Crippen molar-refractivity contribution in [3.8, 4) is 0 Å². The van der Waals surface area contributed by atoms with Crippen LogP contribution in [0.4, 0.5) is 25.0 Å². The third-order valence-electron chi connectivity index (χ3n) is 7.92. The number of methoxy groups -OCH3 is 2. The molecule has 2 aliphatic rings. The number of nitrogens with zero attached hydrogens (tertiary/aromatic N) is 2. The summed E-state index contributed by atoms with van der Waals surface area (Å²) in [4.78, 5) is 39.2. The number of carbonyl (C=O) groups is 3. The van der Waals surface area contributed by atoms with Gasteiger partial charge in [0.1, 0.15) is 11.6 Å². The molecule has 2 fully saturated rings. The van der Waals surface area contributed by atoms with E-state index >= 15 is 0 Å². The van der Waals surface area contributed by atoms with E-state index < -0.39 is 23.6 Å². The Labute approximate surface area is 302 Å². The monoisotopic (exact) mass is 718 g/mol. The summed E-state index contributed by atoms with van der Waals surface area (Å²) in [7, 11) is 2.43. The number of rotatable bonds is 8. The van der Waals surface area contributed by atoms with Crippen molar-refractivity contribution >= 4 is 29.3 Å². The fourth-order valence-corrected chi connectivity index (χ4v) is 5.14. The summed E-state index contributed by atoms with van der Waals surface area (Å²) in [6, 6.07) is 27.4. The molecule has 13 heteroatoms. The maximum Gasteiger partial charge on any atom is 0.340 e. The fraction of sp³-hybridized carbons (Fsp3) is 0.308. The Kier molecular flexibility index (Phi) is 16.0. The number of halogens is 2. The maximum atomic E-state index is 14.3. The maximum absolute atomic E-state index is 14.3. The minimum Gasteiger partial charge on any atom is -0.465 e. The van der Waals surface area contributed by atoms with Crippen molar-refractivity contribution in [2.45, 2.75) is 13.1 Å². The highest BCUT2D eigenvalue weighted by molar-refractivity contribution is 5.92. The molecule has 2 saturated heterocycles. The molecule has 2 aliphatic heterocycles. The van der Waals surface area contributed by atoms with E-state index in [4.69, 9.17) is 9.47 Å². The van der Waals surface area contributed by atoms with Gasteiger partial charge in [0.15, 0.2) is 0 Å². The molecule has 0 atom stereocenters. The van der Waals surface area contributed by atoms with Crippen molar-refractivity contribution in [3.05, 3.63) is 131 Å². The van der Waals surface area contributed by atoms with E-state index in [1.807, 2.05) is 60.7 Å². The molecule has 11 nitrogen and oxygen atoms in total. The molecule has 6 rings (SSSR count). The summed E-state index contributed by atoms with van der Waals surface area (Å²) in [5, 5.41) is 6.33. The summed E-state index contributed by atoms with van der Waals surface area (Å²) in [6.45, 7) is 6.52. The van der Waals surface area contributed by atoms with Gasteiger partial charge in [-0.1, -0.05) is 48.5 Å². The first-order valence-corrected chi connectivity index (χ1v) is 16.8. The Balaban J connectivity index is 0.000000209. The number of hydrogen-bond acceptors (Lipinski definition) is 9. The molecule has 276 valence electrons. The molecule has 0 radical (unpaired) electrons. The van der Waals surface area contributed by atoms with Gasteiger partial charge in [0.25, 0.3) is 0 Å². The fourth-order valence-electron chi connectivity index (χ4n) is 5.14. The van der Waals surface area contributed by atoms with Gasteiger partial charge in [0.2, 0.25) is 0 Å². The molecular formula is C39H44F2N4O7. The van der Waals surface area contributed by atoms with Crippen molar-refractivity contribution in [2.75, 3.05) is 77.0 Å². The van der Waals surface area contributed by atoms with Crippen LogP contribution in [0.1, 0.15) is 31.8 Å². The SMILES string of the molecule is C1COCCN1.COC(=O)c1ccc(CN(C(=O)N2CCOCC2)c2ccccc2)cc1F.COC(=O)c1ccc(CNc2ccccc2)cc1F. The van der Waals surface area contributed by atoms with E-state index in [1.54, 1.807) is 21.9 Å². The number of esters is 2. The van der Waals surface area contributed by atoms with E-state index in [0.717, 1.165) is 37.6 Å². The number of carbonyl (C=O) groups excluding carboxylic acids is 3. The zero-order valence-electron chi connectivity index (χ0n) is 29.3. The summed E-state index contributed by atoms with van der Waals surface area (Å²) >= 11 is 0. The first kappa shape index (κ1) is 39.4. The second-order valence-electron chi connectivity index (χ2n) is 11.5. The molecule has 0 unspecified atom stereocenters. The molecule has 4 aromatic rings. The average molecular weight is 719 g/mol. The number of ether oxygens (including phenoxy) is 4. The Bertz CT molecular complexity index is 1710. The van der Waals surface area contributed by atoms with Crippen LogP contribution < -0.4 is 15.5 Å². The molecule has 0 saturated carbocycles. The second kappa shape index (κ2) is 21.1. The molecule has 0 spiro atoms. The van der Waals surface area contributed by atoms with Crippen LogP contribution in [0, 0.1) is 11.6 Å². The zero-order valence-corrected chi connectivity index (χ0v) is 29.3. The lowest BCUT2D eigenvalue weighted by Gasteiger charge is -2.33. The predicted molar refractivity (Wildman–Crippen MR) is 193 cm³/mol. The lowest BCUT2D eigenvalue weighted by molar-refractivity contribution is 0.0548. The second-order valence-corrected chi connectivity index (χ2v) is 11.5. The Morgan fingerprint density at radius 2 is 1.25 bits per heavy atom. The number of urea groups is 1. The quantitative estimate of drug-likeness (QED) is 0.215. The highest BCUT2D eigenvalue weighted by Crippen LogP contribution is 2.21. The van der Waals surface area contributed by atoms with Gasteiger partial charge < -0.3 is 34.5 Å². The largest absolute Gasteiger partial charge is 0.465 e. The van der Waals surface area contributed by atoms with Gasteiger partial charge in [-0.15, -0.1) is 0 Å². The van der Waals surface area contributed by atoms with Gasteiger partial charge in [-0.05, 0) is 59.7 Å². The van der Waals surface area contributed by atoms with Crippen LogP contribution >= 0.6 is 0 Å². The Morgan fingerprint density at radius 1 is 0.731 bits per heavy atom. The standard InChI is InChI=1S/C20H21FN2O4.C15H14FNO2.C4H9NO/c1-26-19(24)17-8-7-15(13-18(17)21)14-23(16-5-3-2-4-6-16)20(25)22-9-11-27-12-10-22;1-19-15(18)13-8-7-11(9-14(13)16)10-17-12-5-3-2-4-6-12;1-3-6-4-2-5-1/h2-8,13H,9-12,14H2,1H3;2-9,17H,10H2,1H3;5H,1-4H2. The molecule has 2 N–H and O–H groups in total.